The summed E-state index contributed by atoms with van der Waals surface area (Å²) in [7, 11) is 2.53. The molecule has 0 amide bonds. The van der Waals surface area contributed by atoms with E-state index in [1.807, 2.05) is 0 Å². The van der Waals surface area contributed by atoms with Gasteiger partial charge in [-0.1, -0.05) is 0 Å². The van der Waals surface area contributed by atoms with Crippen molar-refractivity contribution in [1.82, 2.24) is 0 Å². The molecule has 4 nitrogen and oxygen atoms in total. The van der Waals surface area contributed by atoms with Crippen LogP contribution in [0.25, 0.3) is 0 Å². The first-order valence-corrected chi connectivity index (χ1v) is 5.06. The van der Waals surface area contributed by atoms with Crippen LogP contribution in [0.2, 0.25) is 0 Å². The predicted octanol–water partition coefficient (Wildman–Crippen LogP) is 1.71. The maximum absolute atomic E-state index is 12.8. The first kappa shape index (κ1) is 14.6. The quantitative estimate of drug-likeness (QED) is 0.870. The minimum atomic E-state index is -4.61. The summed E-state index contributed by atoms with van der Waals surface area (Å²) in [6, 6.07) is 1.87. The van der Waals surface area contributed by atoms with E-state index in [9.17, 15) is 18.3 Å². The monoisotopic (exact) mass is 265 g/mol. The summed E-state index contributed by atoms with van der Waals surface area (Å²) in [5.41, 5.74) is 3.87. The van der Waals surface area contributed by atoms with Crippen molar-refractivity contribution >= 4 is 0 Å². The Kier molecular flexibility index (Phi) is 4.42. The molecule has 0 aliphatic heterocycles. The highest BCUT2D eigenvalue weighted by Crippen LogP contribution is 2.41. The lowest BCUT2D eigenvalue weighted by atomic mass is 10.0. The Morgan fingerprint density at radius 2 is 1.72 bits per heavy atom. The van der Waals surface area contributed by atoms with Crippen LogP contribution in [0, 0.1) is 0 Å². The summed E-state index contributed by atoms with van der Waals surface area (Å²) in [5, 5.41) is 9.54. The van der Waals surface area contributed by atoms with Crippen molar-refractivity contribution in [2.45, 2.75) is 12.3 Å². The average Bonchev–Trinajstić information content (AvgIpc) is 2.34. The molecule has 0 saturated carbocycles. The van der Waals surface area contributed by atoms with Crippen LogP contribution in [-0.4, -0.2) is 25.9 Å². The third kappa shape index (κ3) is 2.85. The zero-order valence-corrected chi connectivity index (χ0v) is 9.91. The summed E-state index contributed by atoms with van der Waals surface area (Å²) in [5.74, 6) is 0.0470. The number of aliphatic hydroxyl groups is 1. The van der Waals surface area contributed by atoms with E-state index in [0.29, 0.717) is 0 Å². The molecule has 0 aliphatic carbocycles. The lowest BCUT2D eigenvalue weighted by Crippen LogP contribution is -2.18. The molecule has 0 heterocycles. The van der Waals surface area contributed by atoms with Gasteiger partial charge < -0.3 is 20.3 Å². The van der Waals surface area contributed by atoms with Crippen molar-refractivity contribution in [2.24, 2.45) is 5.73 Å². The van der Waals surface area contributed by atoms with E-state index in [0.717, 1.165) is 12.1 Å². The van der Waals surface area contributed by atoms with Crippen molar-refractivity contribution in [3.05, 3.63) is 23.3 Å². The molecular formula is C11H14F3NO3. The molecule has 1 aromatic rings. The Morgan fingerprint density at radius 3 is 2.11 bits per heavy atom. The highest BCUT2D eigenvalue weighted by molar-refractivity contribution is 5.49. The number of ether oxygens (including phenoxy) is 2. The fourth-order valence-electron chi connectivity index (χ4n) is 1.54. The van der Waals surface area contributed by atoms with Crippen LogP contribution in [-0.2, 0) is 6.18 Å². The minimum absolute atomic E-state index is 0.0576. The summed E-state index contributed by atoms with van der Waals surface area (Å²) in [6.45, 7) is -0.321. The molecule has 3 N–H and O–H groups in total. The Balaban J connectivity index is 3.46. The third-order valence-corrected chi connectivity index (χ3v) is 2.44. The van der Waals surface area contributed by atoms with E-state index in [1.165, 1.54) is 14.2 Å². The molecule has 0 fully saturated rings. The standard InChI is InChI=1S/C11H14F3NO3/c1-17-9-3-6(8(16)5-15)7(11(12,13)14)4-10(9)18-2/h3-4,8,16H,5,15H2,1-2H3. The highest BCUT2D eigenvalue weighted by Gasteiger charge is 2.36. The molecule has 1 atom stereocenters. The van der Waals surface area contributed by atoms with Crippen molar-refractivity contribution < 1.29 is 27.8 Å². The molecule has 0 spiro atoms. The number of rotatable bonds is 4. The molecule has 18 heavy (non-hydrogen) atoms. The van der Waals surface area contributed by atoms with Gasteiger partial charge in [-0.2, -0.15) is 13.2 Å². The number of benzene rings is 1. The number of aliphatic hydroxyl groups excluding tert-OH is 1. The molecule has 1 unspecified atom stereocenters. The number of nitrogens with two attached hydrogens (primary N) is 1. The van der Waals surface area contributed by atoms with E-state index >= 15 is 0 Å². The van der Waals surface area contributed by atoms with Crippen molar-refractivity contribution in [2.75, 3.05) is 20.8 Å². The van der Waals surface area contributed by atoms with Crippen molar-refractivity contribution in [3.8, 4) is 11.5 Å². The van der Waals surface area contributed by atoms with Gasteiger partial charge in [0.05, 0.1) is 25.9 Å². The summed E-state index contributed by atoms with van der Waals surface area (Å²) < 4.78 is 48.2. The minimum Gasteiger partial charge on any atom is -0.493 e. The molecule has 0 aromatic heterocycles. The van der Waals surface area contributed by atoms with Crippen LogP contribution in [0.4, 0.5) is 13.2 Å². The number of methoxy groups -OCH3 is 2. The van der Waals surface area contributed by atoms with E-state index in [-0.39, 0.29) is 23.6 Å². The molecule has 1 aromatic carbocycles. The molecule has 1 rings (SSSR count). The summed E-state index contributed by atoms with van der Waals surface area (Å²) >= 11 is 0. The fourth-order valence-corrected chi connectivity index (χ4v) is 1.54. The molecule has 7 heteroatoms. The van der Waals surface area contributed by atoms with Crippen LogP contribution >= 0.6 is 0 Å². The van der Waals surface area contributed by atoms with Crippen LogP contribution in [0.5, 0.6) is 11.5 Å². The second-order valence-corrected chi connectivity index (χ2v) is 3.54. The highest BCUT2D eigenvalue weighted by atomic mass is 19.4. The van der Waals surface area contributed by atoms with Gasteiger partial charge in [0.15, 0.2) is 11.5 Å². The SMILES string of the molecule is COc1cc(C(O)CN)c(C(F)(F)F)cc1OC. The number of hydrogen-bond acceptors (Lipinski definition) is 4. The number of hydrogen-bond donors (Lipinski definition) is 2. The normalized spacial score (nSPS) is 13.3. The lowest BCUT2D eigenvalue weighted by molar-refractivity contribution is -0.139. The topological polar surface area (TPSA) is 64.7 Å². The van der Waals surface area contributed by atoms with Crippen molar-refractivity contribution in [1.29, 1.82) is 0 Å². The zero-order chi connectivity index (χ0) is 13.9. The maximum Gasteiger partial charge on any atom is 0.416 e. The second-order valence-electron chi connectivity index (χ2n) is 3.54. The zero-order valence-electron chi connectivity index (χ0n) is 9.91. The molecule has 0 bridgehead atoms. The van der Waals surface area contributed by atoms with Crippen LogP contribution in [0.15, 0.2) is 12.1 Å². The van der Waals surface area contributed by atoms with Gasteiger partial charge in [-0.15, -0.1) is 0 Å². The van der Waals surface area contributed by atoms with E-state index in [2.05, 4.69) is 0 Å². The lowest BCUT2D eigenvalue weighted by Gasteiger charge is -2.19. The fraction of sp³-hybridized carbons (Fsp3) is 0.455. The predicted molar refractivity (Wildman–Crippen MR) is 58.6 cm³/mol. The van der Waals surface area contributed by atoms with Gasteiger partial charge in [0.2, 0.25) is 0 Å². The van der Waals surface area contributed by atoms with Gasteiger partial charge in [-0.3, -0.25) is 0 Å². The summed E-state index contributed by atoms with van der Waals surface area (Å²) in [6.07, 6.45) is -6.02. The van der Waals surface area contributed by atoms with E-state index in [4.69, 9.17) is 15.2 Å². The molecule has 0 radical (unpaired) electrons. The van der Waals surface area contributed by atoms with Crippen molar-refractivity contribution in [3.63, 3.8) is 0 Å². The van der Waals surface area contributed by atoms with Gasteiger partial charge in [0, 0.05) is 6.54 Å². The molecule has 102 valence electrons. The maximum atomic E-state index is 12.8. The van der Waals surface area contributed by atoms with Crippen LogP contribution < -0.4 is 15.2 Å². The molecule has 0 saturated heterocycles. The van der Waals surface area contributed by atoms with Gasteiger partial charge in [0.25, 0.3) is 0 Å². The smallest absolute Gasteiger partial charge is 0.416 e. The van der Waals surface area contributed by atoms with E-state index in [1.54, 1.807) is 0 Å². The number of halogens is 3. The molecule has 0 aliphatic rings. The summed E-state index contributed by atoms with van der Waals surface area (Å²) in [4.78, 5) is 0. The van der Waals surface area contributed by atoms with Gasteiger partial charge in [-0.25, -0.2) is 0 Å². The first-order valence-electron chi connectivity index (χ1n) is 5.06. The largest absolute Gasteiger partial charge is 0.493 e. The van der Waals surface area contributed by atoms with Gasteiger partial charge in [0.1, 0.15) is 0 Å². The third-order valence-electron chi connectivity index (χ3n) is 2.44. The van der Waals surface area contributed by atoms with E-state index < -0.39 is 17.8 Å². The van der Waals surface area contributed by atoms with Gasteiger partial charge in [-0.05, 0) is 17.7 Å². The Bertz CT molecular complexity index is 421. The Hall–Kier alpha value is -1.47. The van der Waals surface area contributed by atoms with Gasteiger partial charge >= 0.3 is 6.18 Å². The van der Waals surface area contributed by atoms with Crippen LogP contribution in [0.1, 0.15) is 17.2 Å². The number of alkyl halides is 3. The van der Waals surface area contributed by atoms with Crippen LogP contribution in [0.3, 0.4) is 0 Å². The Labute approximate surface area is 102 Å². The second kappa shape index (κ2) is 5.45. The average molecular weight is 265 g/mol. The first-order chi connectivity index (χ1) is 8.35. The Morgan fingerprint density at radius 1 is 1.22 bits per heavy atom. The molecular weight excluding hydrogens is 251 g/mol.